The standard InChI is InChI=1S/C7H9N5O/c1-4(8)5-10-11-6-7(13)9-2-3-12(5)6/h2-4H,8H2,1H3,(H,9,13). The molecule has 0 saturated heterocycles. The summed E-state index contributed by atoms with van der Waals surface area (Å²) < 4.78 is 1.59. The largest absolute Gasteiger partial charge is 0.324 e. The van der Waals surface area contributed by atoms with Gasteiger partial charge >= 0.3 is 0 Å². The molecule has 0 radical (unpaired) electrons. The van der Waals surface area contributed by atoms with Crippen molar-refractivity contribution in [1.29, 1.82) is 0 Å². The minimum absolute atomic E-state index is 0.239. The van der Waals surface area contributed by atoms with Crippen LogP contribution in [0.4, 0.5) is 0 Å². The maximum Gasteiger partial charge on any atom is 0.293 e. The molecule has 0 bridgehead atoms. The van der Waals surface area contributed by atoms with Gasteiger partial charge in [-0.05, 0) is 6.92 Å². The molecule has 0 aliphatic heterocycles. The fraction of sp³-hybridized carbons (Fsp3) is 0.286. The van der Waals surface area contributed by atoms with Crippen molar-refractivity contribution in [2.45, 2.75) is 13.0 Å². The van der Waals surface area contributed by atoms with Crippen molar-refractivity contribution < 1.29 is 0 Å². The van der Waals surface area contributed by atoms with Gasteiger partial charge in [0, 0.05) is 12.4 Å². The molecule has 1 atom stereocenters. The van der Waals surface area contributed by atoms with Crippen LogP contribution in [0.5, 0.6) is 0 Å². The summed E-state index contributed by atoms with van der Waals surface area (Å²) in [5.41, 5.74) is 5.65. The second-order valence-electron chi connectivity index (χ2n) is 2.83. The Labute approximate surface area is 73.4 Å². The van der Waals surface area contributed by atoms with Crippen molar-refractivity contribution in [2.75, 3.05) is 0 Å². The Morgan fingerprint density at radius 1 is 1.62 bits per heavy atom. The first kappa shape index (κ1) is 7.93. The topological polar surface area (TPSA) is 89.1 Å². The van der Waals surface area contributed by atoms with Crippen LogP contribution in [0.25, 0.3) is 5.65 Å². The smallest absolute Gasteiger partial charge is 0.293 e. The van der Waals surface area contributed by atoms with Gasteiger partial charge in [-0.15, -0.1) is 10.2 Å². The molecular weight excluding hydrogens is 170 g/mol. The molecule has 0 aromatic carbocycles. The number of aromatic nitrogens is 4. The Kier molecular flexibility index (Phi) is 1.63. The third kappa shape index (κ3) is 1.11. The summed E-state index contributed by atoms with van der Waals surface area (Å²) in [6.07, 6.45) is 3.21. The maximum atomic E-state index is 11.2. The Morgan fingerprint density at radius 2 is 2.38 bits per heavy atom. The van der Waals surface area contributed by atoms with Gasteiger partial charge in [0.1, 0.15) is 0 Å². The first-order valence-corrected chi connectivity index (χ1v) is 3.88. The van der Waals surface area contributed by atoms with E-state index < -0.39 is 0 Å². The van der Waals surface area contributed by atoms with Gasteiger partial charge in [0.05, 0.1) is 6.04 Å². The Balaban J connectivity index is 2.83. The highest BCUT2D eigenvalue weighted by Crippen LogP contribution is 2.05. The zero-order chi connectivity index (χ0) is 9.42. The fourth-order valence-corrected chi connectivity index (χ4v) is 1.17. The molecule has 0 aliphatic rings. The molecular formula is C7H9N5O. The lowest BCUT2D eigenvalue weighted by atomic mass is 10.3. The van der Waals surface area contributed by atoms with Crippen LogP contribution in [0, 0.1) is 0 Å². The van der Waals surface area contributed by atoms with Crippen LogP contribution in [0.2, 0.25) is 0 Å². The van der Waals surface area contributed by atoms with Crippen LogP contribution >= 0.6 is 0 Å². The highest BCUT2D eigenvalue weighted by molar-refractivity contribution is 5.34. The Morgan fingerprint density at radius 3 is 3.08 bits per heavy atom. The van der Waals surface area contributed by atoms with Crippen molar-refractivity contribution in [3.05, 3.63) is 28.6 Å². The first-order chi connectivity index (χ1) is 6.20. The van der Waals surface area contributed by atoms with E-state index in [4.69, 9.17) is 5.73 Å². The number of aromatic amines is 1. The molecule has 68 valence electrons. The summed E-state index contributed by atoms with van der Waals surface area (Å²) in [5.74, 6) is 0.584. The second-order valence-corrected chi connectivity index (χ2v) is 2.83. The predicted octanol–water partition coefficient (Wildman–Crippen LogP) is -0.563. The molecule has 6 nitrogen and oxygen atoms in total. The van der Waals surface area contributed by atoms with Crippen LogP contribution in [0.3, 0.4) is 0 Å². The van der Waals surface area contributed by atoms with Crippen molar-refractivity contribution >= 4 is 5.65 Å². The van der Waals surface area contributed by atoms with Gasteiger partial charge in [0.15, 0.2) is 5.82 Å². The van der Waals surface area contributed by atoms with Crippen molar-refractivity contribution in [1.82, 2.24) is 19.6 Å². The summed E-state index contributed by atoms with van der Waals surface area (Å²) in [5, 5.41) is 7.55. The van der Waals surface area contributed by atoms with Gasteiger partial charge in [-0.2, -0.15) is 0 Å². The van der Waals surface area contributed by atoms with E-state index >= 15 is 0 Å². The zero-order valence-corrected chi connectivity index (χ0v) is 7.06. The number of H-pyrrole nitrogens is 1. The molecule has 2 rings (SSSR count). The fourth-order valence-electron chi connectivity index (χ4n) is 1.17. The van der Waals surface area contributed by atoms with Gasteiger partial charge in [0.25, 0.3) is 5.56 Å². The number of hydrogen-bond donors (Lipinski definition) is 2. The van der Waals surface area contributed by atoms with E-state index in [-0.39, 0.29) is 17.2 Å². The van der Waals surface area contributed by atoms with Crippen LogP contribution in [-0.2, 0) is 0 Å². The number of fused-ring (bicyclic) bond motifs is 1. The summed E-state index contributed by atoms with van der Waals surface area (Å²) in [4.78, 5) is 13.7. The number of nitrogens with zero attached hydrogens (tertiary/aromatic N) is 3. The summed E-state index contributed by atoms with van der Waals surface area (Å²) in [7, 11) is 0. The Bertz CT molecular complexity index is 483. The normalized spacial score (nSPS) is 13.4. The highest BCUT2D eigenvalue weighted by Gasteiger charge is 2.10. The van der Waals surface area contributed by atoms with Gasteiger partial charge in [-0.1, -0.05) is 0 Å². The van der Waals surface area contributed by atoms with Crippen LogP contribution in [0.1, 0.15) is 18.8 Å². The van der Waals surface area contributed by atoms with E-state index in [0.29, 0.717) is 5.82 Å². The van der Waals surface area contributed by atoms with Crippen molar-refractivity contribution in [3.63, 3.8) is 0 Å². The van der Waals surface area contributed by atoms with Crippen molar-refractivity contribution in [2.24, 2.45) is 5.73 Å². The molecule has 0 aliphatic carbocycles. The number of nitrogens with two attached hydrogens (primary N) is 1. The van der Waals surface area contributed by atoms with E-state index in [1.807, 2.05) is 0 Å². The molecule has 0 fully saturated rings. The molecule has 13 heavy (non-hydrogen) atoms. The third-order valence-corrected chi connectivity index (χ3v) is 1.77. The van der Waals surface area contributed by atoms with E-state index in [9.17, 15) is 4.79 Å². The monoisotopic (exact) mass is 179 g/mol. The van der Waals surface area contributed by atoms with E-state index in [2.05, 4.69) is 15.2 Å². The minimum atomic E-state index is -0.262. The lowest BCUT2D eigenvalue weighted by molar-refractivity contribution is 0.725. The quantitative estimate of drug-likeness (QED) is 0.614. The SMILES string of the molecule is CC(N)c1nnc2c(=O)[nH]ccn12. The third-order valence-electron chi connectivity index (χ3n) is 1.77. The van der Waals surface area contributed by atoms with E-state index in [1.54, 1.807) is 17.5 Å². The van der Waals surface area contributed by atoms with Crippen LogP contribution in [-0.4, -0.2) is 19.6 Å². The molecule has 3 N–H and O–H groups in total. The maximum absolute atomic E-state index is 11.2. The van der Waals surface area contributed by atoms with Gasteiger partial charge in [-0.3, -0.25) is 9.20 Å². The average molecular weight is 179 g/mol. The average Bonchev–Trinajstić information content (AvgIpc) is 2.48. The second kappa shape index (κ2) is 2.67. The molecule has 0 amide bonds. The lowest BCUT2D eigenvalue weighted by Crippen LogP contribution is -2.13. The number of rotatable bonds is 1. The first-order valence-electron chi connectivity index (χ1n) is 3.88. The number of nitrogens with one attached hydrogen (secondary N) is 1. The van der Waals surface area contributed by atoms with E-state index in [0.717, 1.165) is 0 Å². The zero-order valence-electron chi connectivity index (χ0n) is 7.06. The molecule has 1 unspecified atom stereocenters. The van der Waals surface area contributed by atoms with Crippen LogP contribution in [0.15, 0.2) is 17.2 Å². The molecule has 0 spiro atoms. The summed E-state index contributed by atoms with van der Waals surface area (Å²) in [6, 6.07) is -0.239. The van der Waals surface area contributed by atoms with Gasteiger partial charge < -0.3 is 10.7 Å². The molecule has 2 heterocycles. The van der Waals surface area contributed by atoms with E-state index in [1.165, 1.54) is 6.20 Å². The minimum Gasteiger partial charge on any atom is -0.324 e. The molecule has 2 aromatic rings. The summed E-state index contributed by atoms with van der Waals surface area (Å²) in [6.45, 7) is 1.79. The summed E-state index contributed by atoms with van der Waals surface area (Å²) >= 11 is 0. The van der Waals surface area contributed by atoms with Crippen LogP contribution < -0.4 is 11.3 Å². The molecule has 0 saturated carbocycles. The van der Waals surface area contributed by atoms with Gasteiger partial charge in [-0.25, -0.2) is 0 Å². The lowest BCUT2D eigenvalue weighted by Gasteiger charge is -2.00. The Hall–Kier alpha value is -1.69. The number of hydrogen-bond acceptors (Lipinski definition) is 4. The predicted molar refractivity (Wildman–Crippen MR) is 46.2 cm³/mol. The van der Waals surface area contributed by atoms with Gasteiger partial charge in [0.2, 0.25) is 5.65 Å². The van der Waals surface area contributed by atoms with Crippen molar-refractivity contribution in [3.8, 4) is 0 Å². The highest BCUT2D eigenvalue weighted by atomic mass is 16.1. The molecule has 6 heteroatoms. The molecule has 2 aromatic heterocycles.